The van der Waals surface area contributed by atoms with Crippen molar-refractivity contribution in [3.63, 3.8) is 0 Å². The molecule has 0 aliphatic heterocycles. The van der Waals surface area contributed by atoms with Gasteiger partial charge in [-0.1, -0.05) is 431 Å². The van der Waals surface area contributed by atoms with Gasteiger partial charge in [-0.3, -0.25) is 13.2 Å². The lowest BCUT2D eigenvalue weighted by molar-refractivity contribution is 1.18. The molecule has 0 aliphatic carbocycles. The molecule has 0 unspecified atom stereocenters. The number of fused-ring (bicyclic) bond motifs is 41. The minimum atomic E-state index is 0.992. The van der Waals surface area contributed by atoms with Crippen molar-refractivity contribution in [1.82, 2.24) is 32.7 Å². The summed E-state index contributed by atoms with van der Waals surface area (Å²) in [5, 5.41) is 30.5. The van der Waals surface area contributed by atoms with E-state index in [9.17, 15) is 0 Å². The van der Waals surface area contributed by atoms with Gasteiger partial charge in [-0.25, -0.2) is 15.0 Å². The Bertz CT molecular complexity index is 11000. The number of nitrogens with zero attached hydrogens (tertiary/aromatic N) is 7. The predicted molar refractivity (Wildman–Crippen MR) is 618 cm³/mol. The van der Waals surface area contributed by atoms with Gasteiger partial charge in [0.25, 0.3) is 0 Å². The van der Waals surface area contributed by atoms with Crippen LogP contribution in [0.3, 0.4) is 0 Å². The van der Waals surface area contributed by atoms with E-state index in [0.717, 1.165) is 72.3 Å². The quantitative estimate of drug-likeness (QED) is 0.142. The second-order valence-electron chi connectivity index (χ2n) is 38.7. The fourth-order valence-corrected chi connectivity index (χ4v) is 23.9. The summed E-state index contributed by atoms with van der Waals surface area (Å²) in [5.74, 6) is 0. The average molecular weight is 1850 g/mol. The average Bonchev–Trinajstić information content (AvgIpc) is 1.52. The van der Waals surface area contributed by atoms with E-state index in [-0.39, 0.29) is 0 Å². The molecular weight excluding hydrogens is 1770 g/mol. The first kappa shape index (κ1) is 82.4. The van der Waals surface area contributed by atoms with Crippen LogP contribution in [0.15, 0.2) is 516 Å². The fraction of sp³-hybridized carbons (Fsp3) is 0. The summed E-state index contributed by atoms with van der Waals surface area (Å²) in [5.41, 5.74) is 33.3. The monoisotopic (exact) mass is 1850 g/mol. The third-order valence-corrected chi connectivity index (χ3v) is 30.7. The van der Waals surface area contributed by atoms with Crippen LogP contribution in [0.1, 0.15) is 0 Å². The van der Waals surface area contributed by atoms with Crippen LogP contribution in [0.4, 0.5) is 0 Å². The molecule has 7 nitrogen and oxygen atoms in total. The first-order valence-electron chi connectivity index (χ1n) is 50.2. The fourth-order valence-electron chi connectivity index (χ4n) is 23.9. The summed E-state index contributed by atoms with van der Waals surface area (Å²) in [4.78, 5) is 16.4. The zero-order chi connectivity index (χ0) is 95.7. The Kier molecular flexibility index (Phi) is 18.7. The van der Waals surface area contributed by atoms with Gasteiger partial charge in [0, 0.05) is 64.9 Å². The van der Waals surface area contributed by atoms with Crippen molar-refractivity contribution in [2.45, 2.75) is 0 Å². The van der Waals surface area contributed by atoms with Crippen LogP contribution in [0.5, 0.6) is 0 Å². The first-order valence-corrected chi connectivity index (χ1v) is 50.2. The molecule has 7 aromatic heterocycles. The van der Waals surface area contributed by atoms with Gasteiger partial charge in [0.15, 0.2) is 0 Å². The normalized spacial score (nSPS) is 12.0. The van der Waals surface area contributed by atoms with Gasteiger partial charge in [-0.05, 0) is 238 Å². The van der Waals surface area contributed by atoms with Gasteiger partial charge >= 0.3 is 0 Å². The molecular formula is C139H85N7. The molecule has 0 fully saturated rings. The van der Waals surface area contributed by atoms with Crippen molar-refractivity contribution < 1.29 is 0 Å². The smallest absolute Gasteiger partial charge is 0.147 e. The van der Waals surface area contributed by atoms with Crippen molar-refractivity contribution >= 4 is 212 Å². The molecule has 0 spiro atoms. The summed E-state index contributed by atoms with van der Waals surface area (Å²) in [6.07, 6.45) is 0. The number of rotatable bonds is 8. The molecule has 146 heavy (non-hydrogen) atoms. The van der Waals surface area contributed by atoms with Crippen LogP contribution in [0, 0.1) is 0 Å². The minimum absolute atomic E-state index is 0.992. The van der Waals surface area contributed by atoms with E-state index >= 15 is 0 Å². The second-order valence-corrected chi connectivity index (χ2v) is 38.7. The molecule has 7 heteroatoms. The van der Waals surface area contributed by atoms with E-state index < -0.39 is 0 Å². The van der Waals surface area contributed by atoms with E-state index in [1.165, 1.54) is 224 Å². The Morgan fingerprint density at radius 3 is 0.863 bits per heavy atom. The van der Waals surface area contributed by atoms with Gasteiger partial charge in [0.05, 0.1) is 60.7 Å². The van der Waals surface area contributed by atoms with E-state index in [4.69, 9.17) is 15.0 Å². The van der Waals surface area contributed by atoms with Gasteiger partial charge in [0.2, 0.25) is 0 Å². The van der Waals surface area contributed by atoms with Crippen molar-refractivity contribution in [3.8, 4) is 83.6 Å². The van der Waals surface area contributed by atoms with Crippen LogP contribution in [0.25, 0.3) is 296 Å². The van der Waals surface area contributed by atoms with Gasteiger partial charge in [-0.2, -0.15) is 0 Å². The van der Waals surface area contributed by atoms with E-state index in [1.807, 2.05) is 0 Å². The summed E-state index contributed by atoms with van der Waals surface area (Å²) < 4.78 is 9.62. The zero-order valence-electron chi connectivity index (χ0n) is 79.2. The van der Waals surface area contributed by atoms with Crippen LogP contribution < -0.4 is 0 Å². The van der Waals surface area contributed by atoms with Crippen molar-refractivity contribution in [2.75, 3.05) is 0 Å². The molecule has 676 valence electrons. The summed E-state index contributed by atoms with van der Waals surface area (Å²) in [6, 6.07) is 187. The van der Waals surface area contributed by atoms with Gasteiger partial charge in [0.1, 0.15) is 16.9 Å². The molecule has 0 N–H and O–H groups in total. The number of para-hydroxylation sites is 1. The molecule has 0 amide bonds. The van der Waals surface area contributed by atoms with Crippen LogP contribution in [0.2, 0.25) is 0 Å². The van der Waals surface area contributed by atoms with Crippen LogP contribution in [-0.4, -0.2) is 32.7 Å². The van der Waals surface area contributed by atoms with Crippen LogP contribution >= 0.6 is 0 Å². The lowest BCUT2D eigenvalue weighted by Crippen LogP contribution is -1.95. The standard InChI is InChI=1S/C49H29N3.2C45H28N2/c1-4-15-36-31(11-1)22-26-43-46(36)41-18-7-8-19-42(41)51(43)35-14-9-13-33(28-35)34-21-24-39-40-25-20-30-10-2-5-16-37(30)47(40)49-50-48-38-17-6-3-12-32(38)23-27-44(48)52(49)45(39)29-34;1-3-11-29(12-4-1)34-25-35(30-13-5-2-6-14-30)27-36(26-34)33-20-22-39-40-23-19-31-15-7-9-17-37(31)43(40)45-46-44-38-18-10-8-16-32(38)21-24-41(44)47(45)42(39)28-33;1-3-11-29(12-4-1)30-19-21-31(22-20-30)34-23-25-37-40-28-39(32-13-5-2-6-14-32)36-17-9-10-18-38(36)43(40)45-46-44-35-16-8-7-15-33(35)24-26-41(44)47(45)42(37)27-34/h1-29H;2*1-28H. The topological polar surface area (TPSA) is 56.8 Å². The van der Waals surface area contributed by atoms with E-state index in [2.05, 4.69) is 533 Å². The molecule has 0 saturated carbocycles. The molecule has 0 aliphatic rings. The summed E-state index contributed by atoms with van der Waals surface area (Å²) in [7, 11) is 0. The Balaban J connectivity index is 0.000000102. The van der Waals surface area contributed by atoms with Crippen molar-refractivity contribution in [1.29, 1.82) is 0 Å². The number of aromatic nitrogens is 7. The zero-order valence-corrected chi connectivity index (χ0v) is 79.2. The van der Waals surface area contributed by atoms with Crippen molar-refractivity contribution in [3.05, 3.63) is 516 Å². The molecule has 7 heterocycles. The molecule has 32 rings (SSSR count). The van der Waals surface area contributed by atoms with Gasteiger partial charge < -0.3 is 4.57 Å². The lowest BCUT2D eigenvalue weighted by atomic mass is 9.91. The van der Waals surface area contributed by atoms with Gasteiger partial charge in [-0.15, -0.1) is 0 Å². The minimum Gasteiger partial charge on any atom is -0.309 e. The maximum atomic E-state index is 5.48. The number of pyridine rings is 3. The number of hydrogen-bond donors (Lipinski definition) is 0. The third kappa shape index (κ3) is 13.1. The largest absolute Gasteiger partial charge is 0.309 e. The molecule has 0 bridgehead atoms. The molecule has 32 aromatic rings. The molecule has 0 atom stereocenters. The van der Waals surface area contributed by atoms with E-state index in [1.54, 1.807) is 0 Å². The summed E-state index contributed by atoms with van der Waals surface area (Å²) >= 11 is 0. The highest BCUT2D eigenvalue weighted by atomic mass is 15.0. The van der Waals surface area contributed by atoms with E-state index in [0.29, 0.717) is 0 Å². The van der Waals surface area contributed by atoms with Crippen molar-refractivity contribution in [2.24, 2.45) is 0 Å². The maximum absolute atomic E-state index is 5.48. The number of imidazole rings is 3. The SMILES string of the molecule is c1cc(-c2ccc3c4ccc5ccccc5c4c4nc5c6ccccc6ccc5n4c3c2)cc(-n2c3ccccc3c3c4ccccc4ccc32)c1.c1ccc(-c2cc(-c3ccccc3)cc(-c3ccc4c5ccc6ccccc6c5c5nc6c7ccccc7ccc6n5c4c3)c2)cc1.c1ccc(-c2ccc(-c3ccc4c5cc(-c6ccccc6)c6ccccc6c5c5nc6c7ccccc7ccc6n5c4c3)cc2)cc1. The Morgan fingerprint density at radius 1 is 0.130 bits per heavy atom. The first-order chi connectivity index (χ1) is 72.4. The Labute approximate surface area is 838 Å². The molecule has 0 saturated heterocycles. The Hall–Kier alpha value is -19.5. The number of benzene rings is 25. The third-order valence-electron chi connectivity index (χ3n) is 30.7. The second kappa shape index (κ2) is 33.1. The highest BCUT2D eigenvalue weighted by Crippen LogP contribution is 2.49. The maximum Gasteiger partial charge on any atom is 0.147 e. The number of hydrogen-bond acceptors (Lipinski definition) is 3. The Morgan fingerprint density at radius 2 is 0.411 bits per heavy atom. The predicted octanol–water partition coefficient (Wildman–Crippen LogP) is 37.2. The summed E-state index contributed by atoms with van der Waals surface area (Å²) in [6.45, 7) is 0. The molecule has 25 aromatic carbocycles. The lowest BCUT2D eigenvalue weighted by Gasteiger charge is -2.16. The van der Waals surface area contributed by atoms with Crippen LogP contribution in [-0.2, 0) is 0 Å². The molecule has 0 radical (unpaired) electrons. The highest BCUT2D eigenvalue weighted by molar-refractivity contribution is 6.30. The highest BCUT2D eigenvalue weighted by Gasteiger charge is 2.26.